The van der Waals surface area contributed by atoms with E-state index in [1.165, 1.54) is 0 Å². The molecule has 1 unspecified atom stereocenters. The number of nitrogens with zero attached hydrogens (tertiary/aromatic N) is 1. The summed E-state index contributed by atoms with van der Waals surface area (Å²) in [5, 5.41) is 10.2. The Labute approximate surface area is 139 Å². The van der Waals surface area contributed by atoms with Crippen LogP contribution in [0.15, 0.2) is 12.1 Å². The number of anilines is 1. The van der Waals surface area contributed by atoms with Gasteiger partial charge in [-0.3, -0.25) is 9.89 Å². The largest absolute Gasteiger partial charge is 0.493 e. The topological polar surface area (TPSA) is 85.5 Å². The molecular weight excluding hydrogens is 310 g/mol. The van der Waals surface area contributed by atoms with E-state index < -0.39 is 0 Å². The first-order valence-corrected chi connectivity index (χ1v) is 7.94. The highest BCUT2D eigenvalue weighted by molar-refractivity contribution is 5.94. The highest BCUT2D eigenvalue weighted by Crippen LogP contribution is 2.47. The quantitative estimate of drug-likeness (QED) is 0.904. The van der Waals surface area contributed by atoms with Crippen LogP contribution in [0.1, 0.15) is 48.9 Å². The molecular formula is C17H19N3O4. The van der Waals surface area contributed by atoms with Crippen molar-refractivity contribution in [1.29, 1.82) is 0 Å². The Morgan fingerprint density at radius 1 is 1.33 bits per heavy atom. The van der Waals surface area contributed by atoms with Crippen LogP contribution in [0.2, 0.25) is 0 Å². The number of carbonyl (C=O) groups is 1. The van der Waals surface area contributed by atoms with E-state index in [4.69, 9.17) is 14.2 Å². The lowest BCUT2D eigenvalue weighted by Gasteiger charge is -2.24. The molecule has 0 radical (unpaired) electrons. The predicted octanol–water partition coefficient (Wildman–Crippen LogP) is 2.74. The molecule has 1 atom stereocenters. The van der Waals surface area contributed by atoms with Crippen molar-refractivity contribution in [2.75, 3.05) is 19.2 Å². The van der Waals surface area contributed by atoms with Gasteiger partial charge in [-0.25, -0.2) is 0 Å². The van der Waals surface area contributed by atoms with Gasteiger partial charge < -0.3 is 19.5 Å². The second kappa shape index (κ2) is 5.43. The Bertz CT molecular complexity index is 812. The van der Waals surface area contributed by atoms with Crippen molar-refractivity contribution < 1.29 is 19.0 Å². The molecule has 0 fully saturated rings. The van der Waals surface area contributed by atoms with Crippen molar-refractivity contribution in [3.8, 4) is 17.2 Å². The fraction of sp³-hybridized carbons (Fsp3) is 0.412. The van der Waals surface area contributed by atoms with Gasteiger partial charge in [-0.15, -0.1) is 0 Å². The van der Waals surface area contributed by atoms with E-state index in [2.05, 4.69) is 29.4 Å². The number of benzene rings is 1. The zero-order valence-electron chi connectivity index (χ0n) is 13.8. The van der Waals surface area contributed by atoms with Gasteiger partial charge in [0.15, 0.2) is 17.3 Å². The second-order valence-electron chi connectivity index (χ2n) is 6.32. The van der Waals surface area contributed by atoms with Crippen LogP contribution in [0, 0.1) is 0 Å². The molecule has 126 valence electrons. The van der Waals surface area contributed by atoms with E-state index in [1.807, 2.05) is 12.1 Å². The summed E-state index contributed by atoms with van der Waals surface area (Å²) in [6.07, 6.45) is 0.356. The first kappa shape index (κ1) is 14.9. The number of amides is 1. The normalized spacial score (nSPS) is 18.5. The number of rotatable bonds is 3. The van der Waals surface area contributed by atoms with Crippen LogP contribution in [-0.4, -0.2) is 30.0 Å². The van der Waals surface area contributed by atoms with E-state index in [0.717, 1.165) is 16.8 Å². The summed E-state index contributed by atoms with van der Waals surface area (Å²) in [5.41, 5.74) is 3.02. The van der Waals surface area contributed by atoms with Crippen molar-refractivity contribution in [2.24, 2.45) is 0 Å². The number of methoxy groups -OCH3 is 1. The van der Waals surface area contributed by atoms with Gasteiger partial charge in [-0.1, -0.05) is 13.8 Å². The van der Waals surface area contributed by atoms with Crippen molar-refractivity contribution >= 4 is 11.7 Å². The summed E-state index contributed by atoms with van der Waals surface area (Å²) >= 11 is 0. The highest BCUT2D eigenvalue weighted by Gasteiger charge is 2.34. The summed E-state index contributed by atoms with van der Waals surface area (Å²) in [4.78, 5) is 12.1. The monoisotopic (exact) mass is 329 g/mol. The van der Waals surface area contributed by atoms with Gasteiger partial charge in [0.05, 0.1) is 7.11 Å². The number of H-pyrrole nitrogens is 1. The van der Waals surface area contributed by atoms with Crippen molar-refractivity contribution in [2.45, 2.75) is 32.1 Å². The molecule has 3 heterocycles. The van der Waals surface area contributed by atoms with Crippen molar-refractivity contribution in [1.82, 2.24) is 10.2 Å². The van der Waals surface area contributed by atoms with E-state index in [9.17, 15) is 4.79 Å². The molecule has 4 rings (SSSR count). The molecule has 0 aliphatic carbocycles. The maximum Gasteiger partial charge on any atom is 0.231 e. The van der Waals surface area contributed by atoms with Gasteiger partial charge in [0.25, 0.3) is 0 Å². The van der Waals surface area contributed by atoms with Crippen molar-refractivity contribution in [3.05, 3.63) is 29.0 Å². The molecule has 0 spiro atoms. The molecule has 2 aliphatic rings. The number of hydrogen-bond acceptors (Lipinski definition) is 5. The molecule has 2 aliphatic heterocycles. The summed E-state index contributed by atoms with van der Waals surface area (Å²) in [6.45, 7) is 4.37. The first-order chi connectivity index (χ1) is 11.6. The van der Waals surface area contributed by atoms with Crippen LogP contribution < -0.4 is 19.5 Å². The van der Waals surface area contributed by atoms with E-state index >= 15 is 0 Å². The van der Waals surface area contributed by atoms with Gasteiger partial charge in [0, 0.05) is 23.6 Å². The minimum atomic E-state index is -0.103. The molecule has 24 heavy (non-hydrogen) atoms. The van der Waals surface area contributed by atoms with Gasteiger partial charge in [-0.05, 0) is 23.6 Å². The van der Waals surface area contributed by atoms with Crippen LogP contribution in [0.3, 0.4) is 0 Å². The summed E-state index contributed by atoms with van der Waals surface area (Å²) in [6, 6.07) is 3.84. The van der Waals surface area contributed by atoms with Gasteiger partial charge in [0.2, 0.25) is 18.4 Å². The number of carbonyl (C=O) groups excluding carboxylic acids is 1. The average molecular weight is 329 g/mol. The zero-order chi connectivity index (χ0) is 16.8. The molecule has 1 aromatic heterocycles. The minimum absolute atomic E-state index is 0.0501. The molecule has 7 heteroatoms. The highest BCUT2D eigenvalue weighted by atomic mass is 16.7. The molecule has 2 N–H and O–H groups in total. The van der Waals surface area contributed by atoms with E-state index in [0.29, 0.717) is 29.5 Å². The summed E-state index contributed by atoms with van der Waals surface area (Å²) in [7, 11) is 1.59. The van der Waals surface area contributed by atoms with Gasteiger partial charge >= 0.3 is 0 Å². The molecule has 1 amide bonds. The lowest BCUT2D eigenvalue weighted by atomic mass is 9.83. The zero-order valence-corrected chi connectivity index (χ0v) is 13.8. The molecule has 0 bridgehead atoms. The number of ether oxygens (including phenoxy) is 3. The van der Waals surface area contributed by atoms with Crippen LogP contribution in [0.4, 0.5) is 5.82 Å². The Kier molecular flexibility index (Phi) is 3.37. The van der Waals surface area contributed by atoms with E-state index in [-0.39, 0.29) is 24.5 Å². The maximum atomic E-state index is 12.1. The SMILES string of the molecule is COc1cc(C2CC(=O)Nc3n[nH]c(C(C)C)c32)cc2c1OCO2. The van der Waals surface area contributed by atoms with Gasteiger partial charge in [0.1, 0.15) is 0 Å². The average Bonchev–Trinajstić information content (AvgIpc) is 3.19. The number of fused-ring (bicyclic) bond motifs is 2. The summed E-state index contributed by atoms with van der Waals surface area (Å²) in [5.74, 6) is 2.59. The van der Waals surface area contributed by atoms with E-state index in [1.54, 1.807) is 7.11 Å². The summed E-state index contributed by atoms with van der Waals surface area (Å²) < 4.78 is 16.4. The van der Waals surface area contributed by atoms with Gasteiger partial charge in [-0.2, -0.15) is 5.10 Å². The minimum Gasteiger partial charge on any atom is -0.493 e. The second-order valence-corrected chi connectivity index (χ2v) is 6.32. The first-order valence-electron chi connectivity index (χ1n) is 7.94. The number of hydrogen-bond donors (Lipinski definition) is 2. The third-order valence-electron chi connectivity index (χ3n) is 4.49. The smallest absolute Gasteiger partial charge is 0.231 e. The molecule has 1 aromatic carbocycles. The van der Waals surface area contributed by atoms with Crippen LogP contribution in [0.25, 0.3) is 0 Å². The van der Waals surface area contributed by atoms with Crippen LogP contribution >= 0.6 is 0 Å². The predicted molar refractivity (Wildman–Crippen MR) is 86.9 cm³/mol. The molecule has 2 aromatic rings. The fourth-order valence-electron chi connectivity index (χ4n) is 3.36. The maximum absolute atomic E-state index is 12.1. The third-order valence-corrected chi connectivity index (χ3v) is 4.49. The number of aromatic amines is 1. The molecule has 0 saturated carbocycles. The Balaban J connectivity index is 1.86. The van der Waals surface area contributed by atoms with Crippen molar-refractivity contribution in [3.63, 3.8) is 0 Å². The Morgan fingerprint density at radius 2 is 2.17 bits per heavy atom. The Hall–Kier alpha value is -2.70. The lowest BCUT2D eigenvalue weighted by molar-refractivity contribution is -0.116. The number of aromatic nitrogens is 2. The van der Waals surface area contributed by atoms with Crippen LogP contribution in [-0.2, 0) is 4.79 Å². The third kappa shape index (κ3) is 2.19. The number of nitrogens with one attached hydrogen (secondary N) is 2. The van der Waals surface area contributed by atoms with Crippen LogP contribution in [0.5, 0.6) is 17.2 Å². The Morgan fingerprint density at radius 3 is 2.92 bits per heavy atom. The molecule has 7 nitrogen and oxygen atoms in total. The molecule has 0 saturated heterocycles. The fourth-order valence-corrected chi connectivity index (χ4v) is 3.36. The standard InChI is InChI=1S/C17H19N3O4/c1-8(2)15-14-10(6-13(21)18-17(14)20-19-15)9-4-11(22-3)16-12(5-9)23-7-24-16/h4-5,8,10H,6-7H2,1-3H3,(H2,18,19,20,21). The lowest BCUT2D eigenvalue weighted by Crippen LogP contribution is -2.24.